The lowest BCUT2D eigenvalue weighted by Crippen LogP contribution is -2.55. The summed E-state index contributed by atoms with van der Waals surface area (Å²) in [4.78, 5) is 2.54. The van der Waals surface area contributed by atoms with Crippen LogP contribution >= 0.6 is 11.3 Å². The molecular weight excluding hydrogens is 719 g/mol. The average Bonchev–Trinajstić information content (AvgIpc) is 3.80. The van der Waals surface area contributed by atoms with E-state index in [0.29, 0.717) is 0 Å². The molecule has 2 heteroatoms. The summed E-state index contributed by atoms with van der Waals surface area (Å²) in [5.41, 5.74) is 15.0. The molecule has 0 aliphatic heterocycles. The molecule has 0 amide bonds. The van der Waals surface area contributed by atoms with Gasteiger partial charge in [-0.2, -0.15) is 0 Å². The van der Waals surface area contributed by atoms with Crippen molar-refractivity contribution in [2.45, 2.75) is 37.5 Å². The molecule has 4 saturated carbocycles. The van der Waals surface area contributed by atoms with E-state index in [2.05, 4.69) is 181 Å². The molecule has 1 spiro atoms. The number of fused-ring (bicyclic) bond motifs is 7. The van der Waals surface area contributed by atoms with Crippen molar-refractivity contribution in [2.75, 3.05) is 4.90 Å². The fraction of sp³-hybridized carbons (Fsp3) is 0.179. The van der Waals surface area contributed by atoms with Gasteiger partial charge in [-0.25, -0.2) is 0 Å². The molecule has 1 nitrogen and oxygen atoms in total. The molecule has 0 saturated heterocycles. The van der Waals surface area contributed by atoms with E-state index in [4.69, 9.17) is 0 Å². The van der Waals surface area contributed by atoms with Crippen LogP contribution in [0, 0.1) is 23.7 Å². The van der Waals surface area contributed by atoms with Crippen LogP contribution in [0.3, 0.4) is 0 Å². The number of anilines is 3. The van der Waals surface area contributed by atoms with Gasteiger partial charge in [-0.1, -0.05) is 133 Å². The summed E-state index contributed by atoms with van der Waals surface area (Å²) in [6.45, 7) is 0. The minimum absolute atomic E-state index is 0.115. The van der Waals surface area contributed by atoms with E-state index in [1.807, 2.05) is 11.3 Å². The molecule has 0 unspecified atom stereocenters. The standard InChI is InChI=1S/C56H43NS/c1-2-14-44-37(11-1)12-9-20-52(44)57(42-27-28-47-46-16-5-7-19-50(46)56(51(47)34-42)39-30-35-29-36(32-39)33-40(56)31-35)41-25-23-38(24-26-41)43-13-3-4-15-45(43)48-18-10-22-54-55(48)49-17-6-8-21-53(49)58-54/h1-28,34-36,39-40H,29-33H2. The summed E-state index contributed by atoms with van der Waals surface area (Å²) >= 11 is 1.89. The minimum atomic E-state index is 0.115. The average molecular weight is 762 g/mol. The molecule has 8 aromatic carbocycles. The fourth-order valence-electron chi connectivity index (χ4n) is 12.9. The SMILES string of the molecule is c1ccc(-c2cccc3sc4ccccc4c23)c(-c2ccc(N(c3ccc4c(c3)C3(c5ccccc5-4)C4CC5CC(C4)CC3C5)c3cccc4ccccc34)cc2)c1. The number of hydrogen-bond acceptors (Lipinski definition) is 2. The predicted octanol–water partition coefficient (Wildman–Crippen LogP) is 15.7. The Morgan fingerprint density at radius 1 is 0.431 bits per heavy atom. The van der Waals surface area contributed by atoms with Crippen LogP contribution in [0.1, 0.15) is 43.2 Å². The number of benzene rings is 8. The predicted molar refractivity (Wildman–Crippen MR) is 246 cm³/mol. The maximum absolute atomic E-state index is 2.63. The third kappa shape index (κ3) is 4.64. The van der Waals surface area contributed by atoms with E-state index >= 15 is 0 Å². The summed E-state index contributed by atoms with van der Waals surface area (Å²) < 4.78 is 2.67. The van der Waals surface area contributed by atoms with Gasteiger partial charge in [0.1, 0.15) is 0 Å². The van der Waals surface area contributed by atoms with Crippen molar-refractivity contribution in [2.24, 2.45) is 23.7 Å². The summed E-state index contributed by atoms with van der Waals surface area (Å²) in [5.74, 6) is 3.29. The quantitative estimate of drug-likeness (QED) is 0.169. The van der Waals surface area contributed by atoms with Gasteiger partial charge in [0.25, 0.3) is 0 Å². The maximum Gasteiger partial charge on any atom is 0.0540 e. The first-order valence-corrected chi connectivity index (χ1v) is 22.2. The summed E-state index contributed by atoms with van der Waals surface area (Å²) in [5, 5.41) is 5.22. The zero-order valence-electron chi connectivity index (χ0n) is 32.4. The Balaban J connectivity index is 0.975. The zero-order valence-corrected chi connectivity index (χ0v) is 33.3. The molecule has 58 heavy (non-hydrogen) atoms. The molecule has 9 aromatic rings. The van der Waals surface area contributed by atoms with Gasteiger partial charge < -0.3 is 4.90 Å². The Morgan fingerprint density at radius 3 is 1.86 bits per heavy atom. The Morgan fingerprint density at radius 2 is 1.03 bits per heavy atom. The van der Waals surface area contributed by atoms with E-state index in [9.17, 15) is 0 Å². The van der Waals surface area contributed by atoms with E-state index in [0.717, 1.165) is 23.7 Å². The van der Waals surface area contributed by atoms with Gasteiger partial charge in [-0.05, 0) is 148 Å². The number of nitrogens with zero attached hydrogens (tertiary/aromatic N) is 1. The van der Waals surface area contributed by atoms with E-state index in [-0.39, 0.29) is 5.41 Å². The summed E-state index contributed by atoms with van der Waals surface area (Å²) in [6, 6.07) is 66.7. The molecular formula is C56H43NS. The lowest BCUT2D eigenvalue weighted by atomic mass is 9.43. The fourth-order valence-corrected chi connectivity index (χ4v) is 14.0. The van der Waals surface area contributed by atoms with Crippen molar-refractivity contribution in [3.63, 3.8) is 0 Å². The first-order chi connectivity index (χ1) is 28.7. The molecule has 5 aliphatic carbocycles. The third-order valence-corrected chi connectivity index (χ3v) is 16.0. The van der Waals surface area contributed by atoms with Crippen molar-refractivity contribution in [1.29, 1.82) is 0 Å². The van der Waals surface area contributed by atoms with Crippen molar-refractivity contribution in [3.8, 4) is 33.4 Å². The lowest BCUT2D eigenvalue weighted by molar-refractivity contribution is -0.0399. The normalized spacial score (nSPS) is 22.6. The Bertz CT molecular complexity index is 3060. The molecule has 0 radical (unpaired) electrons. The Kier molecular flexibility index (Phi) is 7.13. The van der Waals surface area contributed by atoms with Crippen LogP contribution in [-0.4, -0.2) is 0 Å². The zero-order chi connectivity index (χ0) is 38.0. The van der Waals surface area contributed by atoms with Gasteiger partial charge in [0.05, 0.1) is 5.69 Å². The maximum atomic E-state index is 2.63. The van der Waals surface area contributed by atoms with Crippen molar-refractivity contribution >= 4 is 59.3 Å². The number of hydrogen-bond donors (Lipinski definition) is 0. The molecule has 4 fully saturated rings. The molecule has 1 heterocycles. The highest BCUT2D eigenvalue weighted by Gasteiger charge is 2.61. The lowest BCUT2D eigenvalue weighted by Gasteiger charge is -2.61. The number of thiophene rings is 1. The second kappa shape index (κ2) is 12.5. The Labute approximate surface area is 344 Å². The largest absolute Gasteiger partial charge is 0.310 e. The van der Waals surface area contributed by atoms with Crippen LogP contribution in [-0.2, 0) is 5.41 Å². The summed E-state index contributed by atoms with van der Waals surface area (Å²) in [6.07, 6.45) is 7.01. The second-order valence-corrected chi connectivity index (χ2v) is 18.7. The topological polar surface area (TPSA) is 3.24 Å². The highest BCUT2D eigenvalue weighted by atomic mass is 32.1. The van der Waals surface area contributed by atoms with Gasteiger partial charge in [0.15, 0.2) is 0 Å². The van der Waals surface area contributed by atoms with Crippen molar-refractivity contribution in [1.82, 2.24) is 0 Å². The first-order valence-electron chi connectivity index (χ1n) is 21.3. The van der Waals surface area contributed by atoms with Crippen LogP contribution in [0.25, 0.3) is 64.3 Å². The molecule has 5 aliphatic rings. The molecule has 1 aromatic heterocycles. The van der Waals surface area contributed by atoms with Crippen LogP contribution in [0.15, 0.2) is 176 Å². The van der Waals surface area contributed by atoms with Gasteiger partial charge in [0.2, 0.25) is 0 Å². The molecule has 4 bridgehead atoms. The van der Waals surface area contributed by atoms with E-state index in [1.54, 1.807) is 11.1 Å². The minimum Gasteiger partial charge on any atom is -0.310 e. The van der Waals surface area contributed by atoms with Gasteiger partial charge in [-0.15, -0.1) is 11.3 Å². The van der Waals surface area contributed by atoms with Crippen LogP contribution < -0.4 is 4.90 Å². The van der Waals surface area contributed by atoms with Crippen LogP contribution in [0.4, 0.5) is 17.1 Å². The Hall–Kier alpha value is -5.96. The molecule has 0 atom stereocenters. The molecule has 278 valence electrons. The number of rotatable bonds is 5. The highest BCUT2D eigenvalue weighted by Crippen LogP contribution is 2.69. The highest BCUT2D eigenvalue weighted by molar-refractivity contribution is 7.25. The molecule has 14 rings (SSSR count). The van der Waals surface area contributed by atoms with E-state index < -0.39 is 0 Å². The van der Waals surface area contributed by atoms with Gasteiger partial charge in [-0.3, -0.25) is 0 Å². The second-order valence-electron chi connectivity index (χ2n) is 17.7. The monoisotopic (exact) mass is 761 g/mol. The first kappa shape index (κ1) is 33.1. The molecule has 0 N–H and O–H groups in total. The smallest absolute Gasteiger partial charge is 0.0540 e. The van der Waals surface area contributed by atoms with Gasteiger partial charge >= 0.3 is 0 Å². The van der Waals surface area contributed by atoms with Crippen molar-refractivity contribution in [3.05, 3.63) is 187 Å². The van der Waals surface area contributed by atoms with Crippen LogP contribution in [0.2, 0.25) is 0 Å². The van der Waals surface area contributed by atoms with Gasteiger partial charge in [0, 0.05) is 42.3 Å². The third-order valence-electron chi connectivity index (χ3n) is 14.9. The van der Waals surface area contributed by atoms with E-state index in [1.165, 1.54) is 113 Å². The summed E-state index contributed by atoms with van der Waals surface area (Å²) in [7, 11) is 0. The van der Waals surface area contributed by atoms with Crippen molar-refractivity contribution < 1.29 is 0 Å². The van der Waals surface area contributed by atoms with Crippen LogP contribution in [0.5, 0.6) is 0 Å².